The summed E-state index contributed by atoms with van der Waals surface area (Å²) in [4.78, 5) is 27.4. The SMILES string of the molecule is O=C(CCC(=O)N1CCc2ccccc2[C@H]1c1ccccc1)NCCCc1ccccc1. The molecule has 0 unspecified atom stereocenters. The van der Waals surface area contributed by atoms with Gasteiger partial charge in [-0.3, -0.25) is 9.59 Å². The zero-order valence-electron chi connectivity index (χ0n) is 18.4. The van der Waals surface area contributed by atoms with E-state index in [1.165, 1.54) is 16.7 Å². The molecule has 2 amide bonds. The molecule has 0 aromatic heterocycles. The van der Waals surface area contributed by atoms with Gasteiger partial charge in [0.1, 0.15) is 0 Å². The maximum atomic E-state index is 13.2. The van der Waals surface area contributed by atoms with Crippen LogP contribution in [0.15, 0.2) is 84.9 Å². The van der Waals surface area contributed by atoms with Crippen LogP contribution >= 0.6 is 0 Å². The number of hydrogen-bond donors (Lipinski definition) is 1. The number of benzene rings is 3. The molecule has 4 nitrogen and oxygen atoms in total. The van der Waals surface area contributed by atoms with Crippen LogP contribution < -0.4 is 5.32 Å². The molecule has 3 aromatic rings. The minimum atomic E-state index is -0.0948. The lowest BCUT2D eigenvalue weighted by Gasteiger charge is -2.38. The molecule has 0 aliphatic carbocycles. The van der Waals surface area contributed by atoms with E-state index in [4.69, 9.17) is 0 Å². The average Bonchev–Trinajstić information content (AvgIpc) is 2.85. The van der Waals surface area contributed by atoms with Gasteiger partial charge < -0.3 is 10.2 Å². The second kappa shape index (κ2) is 10.8. The van der Waals surface area contributed by atoms with E-state index in [0.717, 1.165) is 24.8 Å². The number of rotatable bonds is 8. The van der Waals surface area contributed by atoms with E-state index in [1.807, 2.05) is 47.4 Å². The highest BCUT2D eigenvalue weighted by Gasteiger charge is 2.31. The van der Waals surface area contributed by atoms with Crippen LogP contribution in [0.5, 0.6) is 0 Å². The van der Waals surface area contributed by atoms with Gasteiger partial charge in [0.15, 0.2) is 0 Å². The van der Waals surface area contributed by atoms with E-state index in [1.54, 1.807) is 0 Å². The Morgan fingerprint density at radius 3 is 2.31 bits per heavy atom. The molecule has 0 radical (unpaired) electrons. The Kier molecular flexibility index (Phi) is 7.34. The summed E-state index contributed by atoms with van der Waals surface area (Å²) in [7, 11) is 0. The van der Waals surface area contributed by atoms with E-state index in [9.17, 15) is 9.59 Å². The van der Waals surface area contributed by atoms with Crippen LogP contribution in [0.3, 0.4) is 0 Å². The number of aryl methyl sites for hydroxylation is 1. The van der Waals surface area contributed by atoms with Crippen molar-refractivity contribution in [3.63, 3.8) is 0 Å². The van der Waals surface area contributed by atoms with Crippen molar-refractivity contribution in [1.82, 2.24) is 10.2 Å². The molecular formula is C28H30N2O2. The number of fused-ring (bicyclic) bond motifs is 1. The highest BCUT2D eigenvalue weighted by Crippen LogP contribution is 2.35. The Morgan fingerprint density at radius 1 is 0.844 bits per heavy atom. The van der Waals surface area contributed by atoms with Gasteiger partial charge in [-0.15, -0.1) is 0 Å². The minimum Gasteiger partial charge on any atom is -0.356 e. The predicted octanol–water partition coefficient (Wildman–Crippen LogP) is 4.69. The normalized spacial score (nSPS) is 15.1. The predicted molar refractivity (Wildman–Crippen MR) is 127 cm³/mol. The number of hydrogen-bond acceptors (Lipinski definition) is 2. The van der Waals surface area contributed by atoms with Crippen molar-refractivity contribution in [2.75, 3.05) is 13.1 Å². The van der Waals surface area contributed by atoms with Crippen LogP contribution in [-0.4, -0.2) is 29.8 Å². The van der Waals surface area contributed by atoms with Crippen molar-refractivity contribution >= 4 is 11.8 Å². The Balaban J connectivity index is 1.32. The molecule has 3 aromatic carbocycles. The highest BCUT2D eigenvalue weighted by molar-refractivity contribution is 5.84. The van der Waals surface area contributed by atoms with Crippen molar-refractivity contribution in [1.29, 1.82) is 0 Å². The lowest BCUT2D eigenvalue weighted by Crippen LogP contribution is -2.41. The van der Waals surface area contributed by atoms with Crippen molar-refractivity contribution < 1.29 is 9.59 Å². The van der Waals surface area contributed by atoms with Crippen molar-refractivity contribution in [2.45, 2.75) is 38.1 Å². The standard InChI is InChI=1S/C28H30N2O2/c31-26(29-20-9-12-22-10-3-1-4-11-22)17-18-27(32)30-21-19-23-13-7-8-16-25(23)28(30)24-14-5-2-6-15-24/h1-8,10-11,13-16,28H,9,12,17-21H2,(H,29,31)/t28-/m1/s1. The minimum absolute atomic E-state index is 0.0350. The smallest absolute Gasteiger partial charge is 0.223 e. The van der Waals surface area contributed by atoms with Crippen LogP contribution in [0, 0.1) is 0 Å². The first-order chi connectivity index (χ1) is 15.7. The summed E-state index contributed by atoms with van der Waals surface area (Å²) in [5.74, 6) is -0.0205. The van der Waals surface area contributed by atoms with Gasteiger partial charge in [0, 0.05) is 25.9 Å². The second-order valence-corrected chi connectivity index (χ2v) is 8.29. The third-order valence-corrected chi connectivity index (χ3v) is 6.09. The Labute approximate surface area is 190 Å². The Hall–Kier alpha value is -3.40. The van der Waals surface area contributed by atoms with E-state index in [2.05, 4.69) is 47.8 Å². The molecule has 1 aliphatic heterocycles. The van der Waals surface area contributed by atoms with E-state index >= 15 is 0 Å². The molecular weight excluding hydrogens is 396 g/mol. The summed E-state index contributed by atoms with van der Waals surface area (Å²) < 4.78 is 0. The molecule has 1 heterocycles. The number of nitrogens with one attached hydrogen (secondary N) is 1. The van der Waals surface area contributed by atoms with Crippen LogP contribution in [0.2, 0.25) is 0 Å². The number of nitrogens with zero attached hydrogens (tertiary/aromatic N) is 1. The fourth-order valence-corrected chi connectivity index (χ4v) is 4.45. The largest absolute Gasteiger partial charge is 0.356 e. The second-order valence-electron chi connectivity index (χ2n) is 8.29. The lowest BCUT2D eigenvalue weighted by molar-refractivity contribution is -0.135. The first-order valence-electron chi connectivity index (χ1n) is 11.5. The van der Waals surface area contributed by atoms with Gasteiger partial charge in [-0.05, 0) is 41.5 Å². The third kappa shape index (κ3) is 5.44. The molecule has 0 saturated heterocycles. The van der Waals surface area contributed by atoms with Gasteiger partial charge in [-0.25, -0.2) is 0 Å². The topological polar surface area (TPSA) is 49.4 Å². The molecule has 1 N–H and O–H groups in total. The zero-order chi connectivity index (χ0) is 22.2. The Bertz CT molecular complexity index is 1030. The summed E-state index contributed by atoms with van der Waals surface area (Å²) in [6.07, 6.45) is 3.13. The van der Waals surface area contributed by atoms with Gasteiger partial charge in [-0.2, -0.15) is 0 Å². The summed E-state index contributed by atoms with van der Waals surface area (Å²) in [6.45, 7) is 1.31. The summed E-state index contributed by atoms with van der Waals surface area (Å²) in [6, 6.07) is 28.7. The van der Waals surface area contributed by atoms with Crippen LogP contribution in [0.4, 0.5) is 0 Å². The first kappa shape index (κ1) is 21.8. The molecule has 1 aliphatic rings. The van der Waals surface area contributed by atoms with Crippen molar-refractivity contribution in [3.8, 4) is 0 Å². The summed E-state index contributed by atoms with van der Waals surface area (Å²) in [5, 5.41) is 2.96. The molecule has 1 atom stereocenters. The fourth-order valence-electron chi connectivity index (χ4n) is 4.45. The average molecular weight is 427 g/mol. The van der Waals surface area contributed by atoms with Gasteiger partial charge >= 0.3 is 0 Å². The third-order valence-electron chi connectivity index (χ3n) is 6.09. The lowest BCUT2D eigenvalue weighted by atomic mass is 9.88. The van der Waals surface area contributed by atoms with E-state index < -0.39 is 0 Å². The Morgan fingerprint density at radius 2 is 1.53 bits per heavy atom. The molecule has 0 saturated carbocycles. The summed E-state index contributed by atoms with van der Waals surface area (Å²) in [5.41, 5.74) is 4.86. The summed E-state index contributed by atoms with van der Waals surface area (Å²) >= 11 is 0. The van der Waals surface area contributed by atoms with Crippen molar-refractivity contribution in [2.24, 2.45) is 0 Å². The molecule has 0 fully saturated rings. The van der Waals surface area contributed by atoms with Crippen LogP contribution in [-0.2, 0) is 22.4 Å². The highest BCUT2D eigenvalue weighted by atomic mass is 16.2. The van der Waals surface area contributed by atoms with Gasteiger partial charge in [0.05, 0.1) is 6.04 Å². The molecule has 0 spiro atoms. The monoisotopic (exact) mass is 426 g/mol. The molecule has 32 heavy (non-hydrogen) atoms. The van der Waals surface area contributed by atoms with E-state index in [0.29, 0.717) is 13.1 Å². The van der Waals surface area contributed by atoms with E-state index in [-0.39, 0.29) is 30.7 Å². The van der Waals surface area contributed by atoms with Crippen molar-refractivity contribution in [3.05, 3.63) is 107 Å². The van der Waals surface area contributed by atoms with Crippen LogP contribution in [0.25, 0.3) is 0 Å². The first-order valence-corrected chi connectivity index (χ1v) is 11.5. The van der Waals surface area contributed by atoms with Gasteiger partial charge in [-0.1, -0.05) is 84.9 Å². The fraction of sp³-hybridized carbons (Fsp3) is 0.286. The van der Waals surface area contributed by atoms with Gasteiger partial charge in [0.25, 0.3) is 0 Å². The maximum Gasteiger partial charge on any atom is 0.223 e. The molecule has 4 rings (SSSR count). The molecule has 0 bridgehead atoms. The number of carbonyl (C=O) groups excluding carboxylic acids is 2. The zero-order valence-corrected chi connectivity index (χ0v) is 18.4. The molecule has 4 heteroatoms. The number of amides is 2. The molecule has 164 valence electrons. The maximum absolute atomic E-state index is 13.2. The number of carbonyl (C=O) groups is 2. The quantitative estimate of drug-likeness (QED) is 0.531. The van der Waals surface area contributed by atoms with Gasteiger partial charge in [0.2, 0.25) is 11.8 Å². The van der Waals surface area contributed by atoms with Crippen LogP contribution in [0.1, 0.15) is 47.6 Å².